The van der Waals surface area contributed by atoms with Gasteiger partial charge >= 0.3 is 0 Å². The van der Waals surface area contributed by atoms with Crippen LogP contribution < -0.4 is 11.1 Å². The quantitative estimate of drug-likeness (QED) is 0.800. The molecular weight excluding hydrogens is 332 g/mol. The molecule has 100 valence electrons. The number of benzene rings is 1. The molecule has 0 saturated heterocycles. The van der Waals surface area contributed by atoms with E-state index in [1.54, 1.807) is 18.2 Å². The number of rotatable bonds is 3. The zero-order chi connectivity index (χ0) is 14.0. The van der Waals surface area contributed by atoms with Crippen LogP contribution in [0.3, 0.4) is 0 Å². The number of carbonyl (C=O) groups is 1. The van der Waals surface area contributed by atoms with Crippen LogP contribution in [0.15, 0.2) is 22.7 Å². The zero-order valence-corrected chi connectivity index (χ0v) is 12.5. The molecule has 19 heavy (non-hydrogen) atoms. The van der Waals surface area contributed by atoms with Gasteiger partial charge < -0.3 is 11.1 Å². The van der Waals surface area contributed by atoms with Gasteiger partial charge in [0.1, 0.15) is 0 Å². The highest BCUT2D eigenvalue weighted by molar-refractivity contribution is 9.10. The van der Waals surface area contributed by atoms with Crippen LogP contribution in [0, 0.1) is 0 Å². The summed E-state index contributed by atoms with van der Waals surface area (Å²) in [5.74, 6) is -0.395. The monoisotopic (exact) mass is 342 g/mol. The number of nitrogens with two attached hydrogens (primary N) is 1. The van der Waals surface area contributed by atoms with Gasteiger partial charge in [0, 0.05) is 4.47 Å². The van der Waals surface area contributed by atoms with Crippen molar-refractivity contribution in [3.05, 3.63) is 39.1 Å². The highest BCUT2D eigenvalue weighted by atomic mass is 79.9. The van der Waals surface area contributed by atoms with Crippen molar-refractivity contribution in [3.63, 3.8) is 0 Å². The van der Waals surface area contributed by atoms with Gasteiger partial charge in [0.15, 0.2) is 5.69 Å². The van der Waals surface area contributed by atoms with E-state index < -0.39 is 5.91 Å². The second-order valence-electron chi connectivity index (χ2n) is 3.90. The smallest absolute Gasteiger partial charge is 0.278 e. The number of nitrogen functional groups attached to an aromatic ring is 1. The van der Waals surface area contributed by atoms with E-state index >= 15 is 0 Å². The van der Waals surface area contributed by atoms with Crippen LogP contribution in [0.4, 0.5) is 11.4 Å². The van der Waals surface area contributed by atoms with Crippen LogP contribution in [-0.2, 0) is 6.42 Å². The van der Waals surface area contributed by atoms with Crippen molar-refractivity contribution in [2.75, 3.05) is 11.1 Å². The maximum Gasteiger partial charge on any atom is 0.278 e. The van der Waals surface area contributed by atoms with Gasteiger partial charge in [-0.15, -0.1) is 0 Å². The molecule has 1 heterocycles. The first-order valence-electron chi connectivity index (χ1n) is 5.62. The average molecular weight is 344 g/mol. The first kappa shape index (κ1) is 13.9. The Morgan fingerprint density at radius 1 is 1.58 bits per heavy atom. The summed E-state index contributed by atoms with van der Waals surface area (Å²) in [6, 6.07) is 5.19. The van der Waals surface area contributed by atoms with E-state index in [9.17, 15) is 4.79 Å². The number of carbonyl (C=O) groups excluding carboxylic acids is 1. The lowest BCUT2D eigenvalue weighted by molar-refractivity contribution is 0.102. The van der Waals surface area contributed by atoms with Gasteiger partial charge in [0.2, 0.25) is 0 Å². The van der Waals surface area contributed by atoms with Crippen molar-refractivity contribution in [1.29, 1.82) is 0 Å². The average Bonchev–Trinajstić information content (AvgIpc) is 2.75. The van der Waals surface area contributed by atoms with Crippen molar-refractivity contribution in [2.24, 2.45) is 0 Å². The fourth-order valence-electron chi connectivity index (χ4n) is 1.60. The third-order valence-electron chi connectivity index (χ3n) is 2.63. The number of halogens is 2. The number of anilines is 2. The molecule has 0 unspecified atom stereocenters. The van der Waals surface area contributed by atoms with Gasteiger partial charge in [-0.25, -0.2) is 0 Å². The molecule has 0 saturated carbocycles. The summed E-state index contributed by atoms with van der Waals surface area (Å²) in [4.78, 5) is 12.1. The molecule has 1 aromatic heterocycles. The van der Waals surface area contributed by atoms with E-state index in [1.165, 1.54) is 0 Å². The number of nitrogens with one attached hydrogen (secondary N) is 2. The number of aryl methyl sites for hydroxylation is 1. The highest BCUT2D eigenvalue weighted by Gasteiger charge is 2.17. The predicted molar refractivity (Wildman–Crippen MR) is 79.5 cm³/mol. The van der Waals surface area contributed by atoms with E-state index in [-0.39, 0.29) is 5.69 Å². The SMILES string of the molecule is CCc1[nH]nc(C(=O)Nc2cc(Br)ccc2Cl)c1N. The van der Waals surface area contributed by atoms with E-state index in [0.29, 0.717) is 22.8 Å². The number of hydrogen-bond donors (Lipinski definition) is 3. The number of aromatic nitrogens is 2. The lowest BCUT2D eigenvalue weighted by Gasteiger charge is -2.06. The summed E-state index contributed by atoms with van der Waals surface area (Å²) in [7, 11) is 0. The first-order valence-corrected chi connectivity index (χ1v) is 6.79. The van der Waals surface area contributed by atoms with Crippen molar-refractivity contribution in [2.45, 2.75) is 13.3 Å². The molecule has 2 aromatic rings. The van der Waals surface area contributed by atoms with Gasteiger partial charge in [-0.1, -0.05) is 34.5 Å². The van der Waals surface area contributed by atoms with E-state index in [4.69, 9.17) is 17.3 Å². The lowest BCUT2D eigenvalue weighted by atomic mass is 10.2. The predicted octanol–water partition coefficient (Wildman–Crippen LogP) is 3.22. The number of H-pyrrole nitrogens is 1. The molecule has 4 N–H and O–H groups in total. The minimum atomic E-state index is -0.395. The van der Waals surface area contributed by atoms with Gasteiger partial charge in [-0.3, -0.25) is 9.89 Å². The molecule has 7 heteroatoms. The Morgan fingerprint density at radius 3 is 2.95 bits per heavy atom. The molecule has 0 atom stereocenters. The molecular formula is C12H12BrClN4O. The van der Waals surface area contributed by atoms with Crippen molar-refractivity contribution >= 4 is 44.8 Å². The van der Waals surface area contributed by atoms with Gasteiger partial charge in [0.25, 0.3) is 5.91 Å². The molecule has 0 spiro atoms. The van der Waals surface area contributed by atoms with Crippen LogP contribution in [0.2, 0.25) is 5.02 Å². The van der Waals surface area contributed by atoms with Gasteiger partial charge in [-0.05, 0) is 24.6 Å². The Kier molecular flexibility index (Phi) is 4.11. The molecule has 2 rings (SSSR count). The highest BCUT2D eigenvalue weighted by Crippen LogP contribution is 2.26. The summed E-state index contributed by atoms with van der Waals surface area (Å²) < 4.78 is 0.816. The number of nitrogens with zero attached hydrogens (tertiary/aromatic N) is 1. The van der Waals surface area contributed by atoms with E-state index in [2.05, 4.69) is 31.4 Å². The normalized spacial score (nSPS) is 10.5. The maximum absolute atomic E-state index is 12.1. The Hall–Kier alpha value is -1.53. The maximum atomic E-state index is 12.1. The molecule has 1 aromatic carbocycles. The molecule has 1 amide bonds. The van der Waals surface area contributed by atoms with Gasteiger partial charge in [0.05, 0.1) is 22.1 Å². The molecule has 0 aliphatic heterocycles. The Bertz CT molecular complexity index is 626. The minimum Gasteiger partial charge on any atom is -0.395 e. The van der Waals surface area contributed by atoms with Crippen LogP contribution in [-0.4, -0.2) is 16.1 Å². The van der Waals surface area contributed by atoms with Crippen molar-refractivity contribution in [1.82, 2.24) is 10.2 Å². The lowest BCUT2D eigenvalue weighted by Crippen LogP contribution is -2.14. The second-order valence-corrected chi connectivity index (χ2v) is 5.22. The third kappa shape index (κ3) is 2.90. The van der Waals surface area contributed by atoms with Crippen molar-refractivity contribution < 1.29 is 4.79 Å². The fraction of sp³-hybridized carbons (Fsp3) is 0.167. The van der Waals surface area contributed by atoms with Crippen LogP contribution >= 0.6 is 27.5 Å². The fourth-order valence-corrected chi connectivity index (χ4v) is 2.13. The van der Waals surface area contributed by atoms with Gasteiger partial charge in [-0.2, -0.15) is 5.10 Å². The van der Waals surface area contributed by atoms with E-state index in [0.717, 1.165) is 10.2 Å². The molecule has 5 nitrogen and oxygen atoms in total. The Balaban J connectivity index is 2.25. The summed E-state index contributed by atoms with van der Waals surface area (Å²) in [5, 5.41) is 9.78. The largest absolute Gasteiger partial charge is 0.395 e. The van der Waals surface area contributed by atoms with Crippen LogP contribution in [0.25, 0.3) is 0 Å². The molecule has 0 aliphatic carbocycles. The second kappa shape index (κ2) is 5.63. The minimum absolute atomic E-state index is 0.174. The number of amides is 1. The summed E-state index contributed by atoms with van der Waals surface area (Å²) in [5.41, 5.74) is 7.62. The Labute approximate surface area is 123 Å². The summed E-state index contributed by atoms with van der Waals surface area (Å²) in [6.07, 6.45) is 0.684. The summed E-state index contributed by atoms with van der Waals surface area (Å²) >= 11 is 9.32. The number of hydrogen-bond acceptors (Lipinski definition) is 3. The van der Waals surface area contributed by atoms with E-state index in [1.807, 2.05) is 6.92 Å². The summed E-state index contributed by atoms with van der Waals surface area (Å²) in [6.45, 7) is 1.93. The first-order chi connectivity index (χ1) is 9.02. The molecule has 0 fully saturated rings. The van der Waals surface area contributed by atoms with Crippen molar-refractivity contribution in [3.8, 4) is 0 Å². The number of aromatic amines is 1. The molecule has 0 aliphatic rings. The molecule has 0 bridgehead atoms. The van der Waals surface area contributed by atoms with Crippen LogP contribution in [0.5, 0.6) is 0 Å². The zero-order valence-electron chi connectivity index (χ0n) is 10.1. The standard InChI is InChI=1S/C12H12BrClN4O/c1-2-8-10(15)11(18-17-8)12(19)16-9-5-6(13)3-4-7(9)14/h3-5H,2,15H2,1H3,(H,16,19)(H,17,18). The Morgan fingerprint density at radius 2 is 2.32 bits per heavy atom. The third-order valence-corrected chi connectivity index (χ3v) is 3.45. The molecule has 0 radical (unpaired) electrons. The van der Waals surface area contributed by atoms with Crippen LogP contribution in [0.1, 0.15) is 23.1 Å². The topological polar surface area (TPSA) is 83.8 Å².